The van der Waals surface area contributed by atoms with E-state index in [1.807, 2.05) is 0 Å². The number of benzene rings is 1. The topological polar surface area (TPSA) is 70.3 Å². The third kappa shape index (κ3) is 2.94. The van der Waals surface area contributed by atoms with Gasteiger partial charge in [-0.25, -0.2) is 0 Å². The molecule has 0 radical (unpaired) electrons. The van der Waals surface area contributed by atoms with Crippen molar-refractivity contribution in [1.29, 1.82) is 0 Å². The Balaban J connectivity index is 2.30. The van der Waals surface area contributed by atoms with Gasteiger partial charge in [-0.15, -0.1) is 0 Å². The van der Waals surface area contributed by atoms with E-state index in [0.717, 1.165) is 0 Å². The van der Waals surface area contributed by atoms with Gasteiger partial charge in [-0.1, -0.05) is 23.2 Å². The molecular weight excluding hydrogens is 277 g/mol. The molecule has 0 fully saturated rings. The van der Waals surface area contributed by atoms with E-state index in [2.05, 4.69) is 9.97 Å². The molecule has 94 valence electrons. The zero-order chi connectivity index (χ0) is 13.1. The van der Waals surface area contributed by atoms with E-state index in [0.29, 0.717) is 21.7 Å². The Labute approximate surface area is 113 Å². The fraction of sp³-hybridized carbons (Fsp3) is 0.0909. The van der Waals surface area contributed by atoms with E-state index < -0.39 is 0 Å². The maximum absolute atomic E-state index is 5.98. The van der Waals surface area contributed by atoms with Gasteiger partial charge in [0.05, 0.1) is 18.2 Å². The van der Waals surface area contributed by atoms with Crippen LogP contribution >= 0.6 is 23.2 Å². The molecule has 0 atom stereocenters. The van der Waals surface area contributed by atoms with Crippen LogP contribution < -0.4 is 15.2 Å². The molecule has 0 spiro atoms. The summed E-state index contributed by atoms with van der Waals surface area (Å²) >= 11 is 11.8. The van der Waals surface area contributed by atoms with Gasteiger partial charge in [0, 0.05) is 5.02 Å². The molecule has 5 nitrogen and oxygen atoms in total. The van der Waals surface area contributed by atoms with Gasteiger partial charge in [-0.3, -0.25) is 0 Å². The first-order chi connectivity index (χ1) is 8.58. The van der Waals surface area contributed by atoms with Gasteiger partial charge in [-0.2, -0.15) is 9.97 Å². The van der Waals surface area contributed by atoms with Gasteiger partial charge in [0.15, 0.2) is 0 Å². The molecule has 0 amide bonds. The first-order valence-corrected chi connectivity index (χ1v) is 5.65. The van der Waals surface area contributed by atoms with Crippen LogP contribution in [-0.2, 0) is 0 Å². The fourth-order valence-electron chi connectivity index (χ4n) is 1.25. The Kier molecular flexibility index (Phi) is 3.74. The van der Waals surface area contributed by atoms with Crippen LogP contribution in [0.15, 0.2) is 24.3 Å². The summed E-state index contributed by atoms with van der Waals surface area (Å²) in [5.41, 5.74) is 5.51. The second kappa shape index (κ2) is 5.29. The Morgan fingerprint density at radius 3 is 2.50 bits per heavy atom. The minimum Gasteiger partial charge on any atom is -0.481 e. The number of hydrogen-bond donors (Lipinski definition) is 1. The average Bonchev–Trinajstić information content (AvgIpc) is 2.32. The highest BCUT2D eigenvalue weighted by Crippen LogP contribution is 2.31. The molecule has 2 aromatic rings. The minimum atomic E-state index is 0.0504. The molecule has 0 saturated heterocycles. The van der Waals surface area contributed by atoms with Crippen molar-refractivity contribution < 1.29 is 9.47 Å². The second-order valence-electron chi connectivity index (χ2n) is 3.28. The Morgan fingerprint density at radius 1 is 1.11 bits per heavy atom. The summed E-state index contributed by atoms with van der Waals surface area (Å²) in [6.45, 7) is 0. The summed E-state index contributed by atoms with van der Waals surface area (Å²) in [4.78, 5) is 7.75. The van der Waals surface area contributed by atoms with Crippen molar-refractivity contribution >= 4 is 29.2 Å². The Hall–Kier alpha value is -1.72. The van der Waals surface area contributed by atoms with Gasteiger partial charge in [0.1, 0.15) is 5.75 Å². The summed E-state index contributed by atoms with van der Waals surface area (Å²) in [5, 5.41) is 0.894. The number of aromatic nitrogens is 2. The highest BCUT2D eigenvalue weighted by Gasteiger charge is 2.08. The summed E-state index contributed by atoms with van der Waals surface area (Å²) in [5.74, 6) is 1.02. The van der Waals surface area contributed by atoms with Crippen LogP contribution in [0.5, 0.6) is 17.5 Å². The monoisotopic (exact) mass is 285 g/mol. The van der Waals surface area contributed by atoms with Crippen LogP contribution in [0.1, 0.15) is 0 Å². The van der Waals surface area contributed by atoms with Crippen molar-refractivity contribution in [2.45, 2.75) is 0 Å². The maximum Gasteiger partial charge on any atom is 0.227 e. The van der Waals surface area contributed by atoms with E-state index in [1.54, 1.807) is 18.2 Å². The van der Waals surface area contributed by atoms with Gasteiger partial charge in [0.2, 0.25) is 17.7 Å². The molecule has 1 heterocycles. The number of nitrogens with two attached hydrogens (primary N) is 1. The third-order valence-corrected chi connectivity index (χ3v) is 2.54. The van der Waals surface area contributed by atoms with Crippen LogP contribution in [-0.4, -0.2) is 17.1 Å². The predicted octanol–water partition coefficient (Wildman–Crippen LogP) is 3.17. The number of anilines is 1. The molecule has 1 aromatic carbocycles. The highest BCUT2D eigenvalue weighted by molar-refractivity contribution is 6.35. The van der Waals surface area contributed by atoms with Crippen molar-refractivity contribution in [3.8, 4) is 17.5 Å². The molecule has 18 heavy (non-hydrogen) atoms. The number of nitrogens with zero attached hydrogens (tertiary/aromatic N) is 2. The molecule has 0 aliphatic carbocycles. The first kappa shape index (κ1) is 12.7. The average molecular weight is 286 g/mol. The highest BCUT2D eigenvalue weighted by atomic mass is 35.5. The van der Waals surface area contributed by atoms with Crippen molar-refractivity contribution in [3.63, 3.8) is 0 Å². The number of methoxy groups -OCH3 is 1. The molecule has 0 aliphatic heterocycles. The smallest absolute Gasteiger partial charge is 0.227 e. The van der Waals surface area contributed by atoms with E-state index >= 15 is 0 Å². The van der Waals surface area contributed by atoms with Gasteiger partial charge in [-0.05, 0) is 18.2 Å². The lowest BCUT2D eigenvalue weighted by molar-refractivity contribution is 0.389. The maximum atomic E-state index is 5.98. The fourth-order valence-corrected chi connectivity index (χ4v) is 1.70. The van der Waals surface area contributed by atoms with E-state index in [9.17, 15) is 0 Å². The number of ether oxygens (including phenoxy) is 2. The summed E-state index contributed by atoms with van der Waals surface area (Å²) in [6, 6.07) is 6.36. The first-order valence-electron chi connectivity index (χ1n) is 4.90. The van der Waals surface area contributed by atoms with E-state index in [1.165, 1.54) is 13.2 Å². The molecule has 2 rings (SSSR count). The zero-order valence-corrected chi connectivity index (χ0v) is 10.9. The van der Waals surface area contributed by atoms with Gasteiger partial charge < -0.3 is 15.2 Å². The number of nitrogen functional groups attached to an aromatic ring is 1. The van der Waals surface area contributed by atoms with Gasteiger partial charge in [0.25, 0.3) is 0 Å². The predicted molar refractivity (Wildman–Crippen MR) is 69.5 cm³/mol. The summed E-state index contributed by atoms with van der Waals surface area (Å²) in [7, 11) is 1.47. The quantitative estimate of drug-likeness (QED) is 0.938. The molecule has 0 bridgehead atoms. The van der Waals surface area contributed by atoms with Crippen LogP contribution in [0.2, 0.25) is 10.0 Å². The lowest BCUT2D eigenvalue weighted by Gasteiger charge is -2.08. The molecule has 7 heteroatoms. The molecule has 1 aromatic heterocycles. The summed E-state index contributed by atoms with van der Waals surface area (Å²) < 4.78 is 10.4. The molecular formula is C11H9Cl2N3O2. The van der Waals surface area contributed by atoms with E-state index in [4.69, 9.17) is 38.4 Å². The second-order valence-corrected chi connectivity index (χ2v) is 4.13. The normalized spacial score (nSPS) is 10.2. The van der Waals surface area contributed by atoms with Crippen LogP contribution in [0.25, 0.3) is 0 Å². The summed E-state index contributed by atoms with van der Waals surface area (Å²) in [6.07, 6.45) is 0. The largest absolute Gasteiger partial charge is 0.481 e. The van der Waals surface area contributed by atoms with Crippen molar-refractivity contribution in [2.24, 2.45) is 0 Å². The van der Waals surface area contributed by atoms with Gasteiger partial charge >= 0.3 is 0 Å². The Bertz CT molecular complexity index is 578. The molecule has 2 N–H and O–H groups in total. The van der Waals surface area contributed by atoms with Crippen LogP contribution in [0.4, 0.5) is 5.95 Å². The molecule has 0 aliphatic rings. The number of halogens is 2. The standard InChI is InChI=1S/C11H9Cl2N3O2/c1-17-9-5-10(16-11(14)15-9)18-8-3-2-6(12)4-7(8)13/h2-5H,1H3,(H2,14,15,16). The third-order valence-electron chi connectivity index (χ3n) is 2.01. The Morgan fingerprint density at radius 2 is 1.83 bits per heavy atom. The van der Waals surface area contributed by atoms with Crippen molar-refractivity contribution in [3.05, 3.63) is 34.3 Å². The van der Waals surface area contributed by atoms with Crippen LogP contribution in [0.3, 0.4) is 0 Å². The van der Waals surface area contributed by atoms with Crippen molar-refractivity contribution in [1.82, 2.24) is 9.97 Å². The zero-order valence-electron chi connectivity index (χ0n) is 9.35. The molecule has 0 unspecified atom stereocenters. The van der Waals surface area contributed by atoms with E-state index in [-0.39, 0.29) is 11.8 Å². The lowest BCUT2D eigenvalue weighted by atomic mass is 10.3. The number of rotatable bonds is 3. The van der Waals surface area contributed by atoms with Crippen molar-refractivity contribution in [2.75, 3.05) is 12.8 Å². The number of hydrogen-bond acceptors (Lipinski definition) is 5. The SMILES string of the molecule is COc1cc(Oc2ccc(Cl)cc2Cl)nc(N)n1. The molecule has 0 saturated carbocycles. The van der Waals surface area contributed by atoms with Crippen LogP contribution in [0, 0.1) is 0 Å². The minimum absolute atomic E-state index is 0.0504. The lowest BCUT2D eigenvalue weighted by Crippen LogP contribution is -1.99.